The summed E-state index contributed by atoms with van der Waals surface area (Å²) in [5.74, 6) is -1.06. The molecule has 3 N–H and O–H groups in total. The van der Waals surface area contributed by atoms with Gasteiger partial charge in [0.15, 0.2) is 11.6 Å². The topological polar surface area (TPSA) is 101 Å². The average Bonchev–Trinajstić information content (AvgIpc) is 2.92. The highest BCUT2D eigenvalue weighted by molar-refractivity contribution is 5.92. The van der Waals surface area contributed by atoms with Gasteiger partial charge in [-0.3, -0.25) is 4.79 Å². The molecule has 7 nitrogen and oxygen atoms in total. The van der Waals surface area contributed by atoms with Gasteiger partial charge < -0.3 is 20.3 Å². The number of hydrogen-bond acceptors (Lipinski definition) is 5. The zero-order valence-corrected chi connectivity index (χ0v) is 14.1. The highest BCUT2D eigenvalue weighted by atomic mass is 19.1. The maximum absolute atomic E-state index is 14.7. The van der Waals surface area contributed by atoms with E-state index in [9.17, 15) is 19.1 Å². The van der Waals surface area contributed by atoms with E-state index in [0.29, 0.717) is 24.7 Å². The maximum Gasteiger partial charge on any atom is 0.341 e. The number of rotatable bonds is 3. The Kier molecular flexibility index (Phi) is 3.05. The van der Waals surface area contributed by atoms with E-state index in [4.69, 9.17) is 5.73 Å². The smallest absolute Gasteiger partial charge is 0.341 e. The Morgan fingerprint density at radius 1 is 1.38 bits per heavy atom. The van der Waals surface area contributed by atoms with E-state index in [0.717, 1.165) is 31.7 Å². The Morgan fingerprint density at radius 2 is 2.12 bits per heavy atom. The van der Waals surface area contributed by atoms with Crippen molar-refractivity contribution in [3.05, 3.63) is 33.9 Å². The van der Waals surface area contributed by atoms with Crippen LogP contribution in [0.15, 0.2) is 17.1 Å². The first kappa shape index (κ1) is 15.7. The van der Waals surface area contributed by atoms with Crippen LogP contribution < -0.4 is 16.1 Å². The predicted molar refractivity (Wildman–Crippen MR) is 93.0 cm³/mol. The van der Waals surface area contributed by atoms with E-state index in [1.165, 1.54) is 6.20 Å². The second kappa shape index (κ2) is 5.03. The van der Waals surface area contributed by atoms with Gasteiger partial charge in [-0.1, -0.05) is 0 Å². The van der Waals surface area contributed by atoms with Crippen LogP contribution in [-0.2, 0) is 5.54 Å². The van der Waals surface area contributed by atoms with Crippen molar-refractivity contribution in [3.8, 4) is 0 Å². The summed E-state index contributed by atoms with van der Waals surface area (Å²) in [5.41, 5.74) is 5.10. The molecule has 8 heteroatoms. The number of carboxylic acids is 1. The lowest BCUT2D eigenvalue weighted by Gasteiger charge is -2.62. The molecule has 2 aromatic heterocycles. The number of pyridine rings is 2. The van der Waals surface area contributed by atoms with Crippen molar-refractivity contribution in [1.82, 2.24) is 9.55 Å². The van der Waals surface area contributed by atoms with Crippen molar-refractivity contribution in [2.45, 2.75) is 37.3 Å². The third-order valence-electron chi connectivity index (χ3n) is 6.18. The SMILES string of the molecule is NC1CCN(c2nc3c(cc2F)c(=O)c(C(=O)O)cn3C23CC(C2)C3)C1. The first-order valence-electron chi connectivity index (χ1n) is 8.88. The monoisotopic (exact) mass is 358 g/mol. The Hall–Kier alpha value is -2.48. The van der Waals surface area contributed by atoms with Crippen LogP contribution in [-0.4, -0.2) is 39.8 Å². The van der Waals surface area contributed by atoms with Crippen molar-refractivity contribution in [1.29, 1.82) is 0 Å². The van der Waals surface area contributed by atoms with Gasteiger partial charge in [0.1, 0.15) is 11.2 Å². The second-order valence-electron chi connectivity index (χ2n) is 7.91. The second-order valence-corrected chi connectivity index (χ2v) is 7.91. The van der Waals surface area contributed by atoms with Crippen molar-refractivity contribution in [2.75, 3.05) is 18.0 Å². The number of carboxylic acid groups (broad SMARTS) is 1. The van der Waals surface area contributed by atoms with E-state index >= 15 is 0 Å². The molecule has 2 aromatic rings. The molecule has 136 valence electrons. The number of hydrogen-bond donors (Lipinski definition) is 2. The molecular formula is C18H19FN4O3. The standard InChI is InChI=1S/C18H19FN4O3/c19-13-3-11-14(24)12(17(25)26)8-23(18-4-9(5-18)6-18)15(11)21-16(13)22-2-1-10(20)7-22/h3,8-10H,1-2,4-7,20H2,(H,25,26). The number of halogens is 1. The van der Waals surface area contributed by atoms with Crippen molar-refractivity contribution >= 4 is 22.8 Å². The van der Waals surface area contributed by atoms with Crippen molar-refractivity contribution in [2.24, 2.45) is 11.7 Å². The molecule has 3 aliphatic carbocycles. The van der Waals surface area contributed by atoms with Gasteiger partial charge in [-0.2, -0.15) is 0 Å². The third kappa shape index (κ3) is 1.99. The van der Waals surface area contributed by atoms with E-state index < -0.39 is 17.2 Å². The van der Waals surface area contributed by atoms with Crippen molar-refractivity contribution in [3.63, 3.8) is 0 Å². The molecule has 0 spiro atoms. The van der Waals surface area contributed by atoms with E-state index in [1.807, 2.05) is 4.57 Å². The normalized spacial score (nSPS) is 29.5. The summed E-state index contributed by atoms with van der Waals surface area (Å²) >= 11 is 0. The Labute approximate surface area is 148 Å². The summed E-state index contributed by atoms with van der Waals surface area (Å²) in [7, 11) is 0. The highest BCUT2D eigenvalue weighted by Crippen LogP contribution is 2.62. The quantitative estimate of drug-likeness (QED) is 0.857. The number of carbonyl (C=O) groups is 1. The molecule has 0 amide bonds. The first-order chi connectivity index (χ1) is 12.4. The van der Waals surface area contributed by atoms with E-state index in [2.05, 4.69) is 4.98 Å². The van der Waals surface area contributed by atoms with Crippen LogP contribution in [0.25, 0.3) is 11.0 Å². The molecule has 26 heavy (non-hydrogen) atoms. The van der Waals surface area contributed by atoms with Crippen LogP contribution in [0.4, 0.5) is 10.2 Å². The van der Waals surface area contributed by atoms with E-state index in [1.54, 1.807) is 4.90 Å². The molecule has 1 aliphatic heterocycles. The number of anilines is 1. The van der Waals surface area contributed by atoms with Crippen LogP contribution in [0.1, 0.15) is 36.0 Å². The molecule has 1 atom stereocenters. The zero-order chi connectivity index (χ0) is 18.2. The minimum Gasteiger partial charge on any atom is -0.477 e. The molecule has 1 unspecified atom stereocenters. The molecule has 4 aliphatic rings. The van der Waals surface area contributed by atoms with Gasteiger partial charge in [0.2, 0.25) is 5.43 Å². The lowest BCUT2D eigenvalue weighted by atomic mass is 9.49. The van der Waals surface area contributed by atoms with Gasteiger partial charge >= 0.3 is 5.97 Å². The molecule has 1 saturated heterocycles. The van der Waals surface area contributed by atoms with Crippen LogP contribution in [0.3, 0.4) is 0 Å². The fourth-order valence-electron chi connectivity index (χ4n) is 4.66. The number of nitrogens with two attached hydrogens (primary N) is 1. The summed E-state index contributed by atoms with van der Waals surface area (Å²) in [5, 5.41) is 9.42. The van der Waals surface area contributed by atoms with Gasteiger partial charge in [0.05, 0.1) is 5.39 Å². The average molecular weight is 358 g/mol. The molecule has 3 saturated carbocycles. The Balaban J connectivity index is 1.76. The lowest BCUT2D eigenvalue weighted by Crippen LogP contribution is -2.59. The van der Waals surface area contributed by atoms with Gasteiger partial charge in [0, 0.05) is 30.9 Å². The fraction of sp³-hybridized carbons (Fsp3) is 0.500. The molecular weight excluding hydrogens is 339 g/mol. The van der Waals surface area contributed by atoms with Gasteiger partial charge in [-0.15, -0.1) is 0 Å². The van der Waals surface area contributed by atoms with Gasteiger partial charge in [0.25, 0.3) is 0 Å². The molecule has 0 radical (unpaired) electrons. The summed E-state index contributed by atoms with van der Waals surface area (Å²) in [6.07, 6.45) is 5.01. The number of aromatic carboxylic acids is 1. The molecule has 3 heterocycles. The Morgan fingerprint density at radius 3 is 2.65 bits per heavy atom. The lowest BCUT2D eigenvalue weighted by molar-refractivity contribution is -0.0864. The molecule has 4 fully saturated rings. The number of nitrogens with zero attached hydrogens (tertiary/aromatic N) is 3. The number of fused-ring (bicyclic) bond motifs is 1. The zero-order valence-electron chi connectivity index (χ0n) is 14.1. The number of aromatic nitrogens is 2. The summed E-state index contributed by atoms with van der Waals surface area (Å²) < 4.78 is 16.5. The molecule has 2 bridgehead atoms. The van der Waals surface area contributed by atoms with Crippen LogP contribution >= 0.6 is 0 Å². The van der Waals surface area contributed by atoms with Gasteiger partial charge in [-0.05, 0) is 37.7 Å². The minimum absolute atomic E-state index is 0.0268. The summed E-state index contributed by atoms with van der Waals surface area (Å²) in [6.45, 7) is 1.13. The first-order valence-corrected chi connectivity index (χ1v) is 8.88. The molecule has 0 aromatic carbocycles. The van der Waals surface area contributed by atoms with Crippen LogP contribution in [0.5, 0.6) is 0 Å². The van der Waals surface area contributed by atoms with Crippen molar-refractivity contribution < 1.29 is 14.3 Å². The molecule has 6 rings (SSSR count). The summed E-state index contributed by atoms with van der Waals surface area (Å²) in [6, 6.07) is 1.11. The summed E-state index contributed by atoms with van der Waals surface area (Å²) in [4.78, 5) is 30.4. The van der Waals surface area contributed by atoms with E-state index in [-0.39, 0.29) is 28.3 Å². The minimum atomic E-state index is -1.30. The van der Waals surface area contributed by atoms with Crippen LogP contribution in [0, 0.1) is 11.7 Å². The third-order valence-corrected chi connectivity index (χ3v) is 6.18. The Bertz CT molecular complexity index is 1000. The maximum atomic E-state index is 14.7. The largest absolute Gasteiger partial charge is 0.477 e. The fourth-order valence-corrected chi connectivity index (χ4v) is 4.66. The van der Waals surface area contributed by atoms with Crippen LogP contribution in [0.2, 0.25) is 0 Å². The van der Waals surface area contributed by atoms with Gasteiger partial charge in [-0.25, -0.2) is 14.2 Å². The highest BCUT2D eigenvalue weighted by Gasteiger charge is 2.58. The predicted octanol–water partition coefficient (Wildman–Crippen LogP) is 1.28.